The van der Waals surface area contributed by atoms with E-state index in [2.05, 4.69) is 10.3 Å². The number of aromatic amines is 1. The van der Waals surface area contributed by atoms with Crippen molar-refractivity contribution in [3.63, 3.8) is 0 Å². The number of H-pyrrole nitrogens is 1. The molecule has 0 bridgehead atoms. The topological polar surface area (TPSA) is 89.0 Å². The van der Waals surface area contributed by atoms with E-state index in [9.17, 15) is 9.59 Å². The number of hydrogen-bond donors (Lipinski definition) is 2. The van der Waals surface area contributed by atoms with E-state index in [-0.39, 0.29) is 30.4 Å². The number of aromatic nitrogens is 1. The van der Waals surface area contributed by atoms with Gasteiger partial charge in [0.15, 0.2) is 0 Å². The molecule has 3 rings (SSSR count). The number of fused-ring (bicyclic) bond motifs is 1. The summed E-state index contributed by atoms with van der Waals surface area (Å²) in [6.07, 6.45) is 5.52. The standard InChI is InChI=1S/C14H16N4O2/c15-6-9-5-11(16-7-9)14(20)18-8-13(19)17-10-3-1-2-4-12(10)18/h5,7,10,12,16H,1-4,8H2,(H,17,19)/t10-,12-/m1/s1. The van der Waals surface area contributed by atoms with E-state index < -0.39 is 0 Å². The van der Waals surface area contributed by atoms with Gasteiger partial charge in [-0.2, -0.15) is 5.26 Å². The van der Waals surface area contributed by atoms with Crippen LogP contribution in [-0.2, 0) is 4.79 Å². The molecule has 2 atom stereocenters. The van der Waals surface area contributed by atoms with Crippen molar-refractivity contribution in [3.05, 3.63) is 23.5 Å². The number of nitrogens with zero attached hydrogens (tertiary/aromatic N) is 2. The van der Waals surface area contributed by atoms with Crippen molar-refractivity contribution < 1.29 is 9.59 Å². The highest BCUT2D eigenvalue weighted by Gasteiger charge is 2.39. The molecule has 0 spiro atoms. The van der Waals surface area contributed by atoms with Crippen LogP contribution in [0.25, 0.3) is 0 Å². The lowest BCUT2D eigenvalue weighted by Crippen LogP contribution is -2.62. The summed E-state index contributed by atoms with van der Waals surface area (Å²) in [5, 5.41) is 11.8. The first-order valence-corrected chi connectivity index (χ1v) is 6.88. The Morgan fingerprint density at radius 2 is 2.20 bits per heavy atom. The molecule has 0 aromatic carbocycles. The third-order valence-electron chi connectivity index (χ3n) is 4.09. The zero-order chi connectivity index (χ0) is 14.1. The summed E-state index contributed by atoms with van der Waals surface area (Å²) in [5.41, 5.74) is 0.801. The Kier molecular flexibility index (Phi) is 3.18. The predicted molar refractivity (Wildman–Crippen MR) is 70.7 cm³/mol. The molecule has 2 heterocycles. The largest absolute Gasteiger partial charge is 0.356 e. The fraction of sp³-hybridized carbons (Fsp3) is 0.500. The summed E-state index contributed by atoms with van der Waals surface area (Å²) in [6, 6.07) is 3.66. The normalized spacial score (nSPS) is 25.6. The van der Waals surface area contributed by atoms with Gasteiger partial charge in [0, 0.05) is 12.2 Å². The Morgan fingerprint density at radius 3 is 2.95 bits per heavy atom. The highest BCUT2D eigenvalue weighted by molar-refractivity contribution is 5.96. The monoisotopic (exact) mass is 272 g/mol. The van der Waals surface area contributed by atoms with Gasteiger partial charge in [-0.05, 0) is 18.9 Å². The van der Waals surface area contributed by atoms with Crippen LogP contribution in [0.1, 0.15) is 41.7 Å². The van der Waals surface area contributed by atoms with Crippen molar-refractivity contribution in [1.82, 2.24) is 15.2 Å². The molecule has 6 nitrogen and oxygen atoms in total. The van der Waals surface area contributed by atoms with Crippen molar-refractivity contribution in [1.29, 1.82) is 5.26 Å². The Hall–Kier alpha value is -2.29. The van der Waals surface area contributed by atoms with Crippen LogP contribution in [0.15, 0.2) is 12.3 Å². The highest BCUT2D eigenvalue weighted by Crippen LogP contribution is 2.26. The van der Waals surface area contributed by atoms with Crippen molar-refractivity contribution in [3.8, 4) is 6.07 Å². The van der Waals surface area contributed by atoms with Crippen LogP contribution in [0.4, 0.5) is 0 Å². The number of carbonyl (C=O) groups is 2. The second kappa shape index (κ2) is 5.00. The zero-order valence-electron chi connectivity index (χ0n) is 11.1. The molecule has 2 fully saturated rings. The molecule has 1 aliphatic heterocycles. The second-order valence-corrected chi connectivity index (χ2v) is 5.37. The first kappa shape index (κ1) is 12.7. The smallest absolute Gasteiger partial charge is 0.271 e. The second-order valence-electron chi connectivity index (χ2n) is 5.37. The van der Waals surface area contributed by atoms with E-state index in [1.807, 2.05) is 6.07 Å². The molecule has 1 saturated heterocycles. The van der Waals surface area contributed by atoms with E-state index in [1.165, 1.54) is 12.3 Å². The molecule has 2 N–H and O–H groups in total. The number of amides is 2. The Labute approximate surface area is 116 Å². The van der Waals surface area contributed by atoms with Gasteiger partial charge in [0.1, 0.15) is 18.3 Å². The third kappa shape index (κ3) is 2.16. The molecule has 0 unspecified atom stereocenters. The Bertz CT molecular complexity index is 586. The molecule has 104 valence electrons. The van der Waals surface area contributed by atoms with Gasteiger partial charge in [0.2, 0.25) is 5.91 Å². The molecule has 1 aromatic heterocycles. The maximum absolute atomic E-state index is 12.5. The van der Waals surface area contributed by atoms with Crippen LogP contribution in [0.3, 0.4) is 0 Å². The van der Waals surface area contributed by atoms with Crippen LogP contribution in [0, 0.1) is 11.3 Å². The van der Waals surface area contributed by atoms with Crippen LogP contribution < -0.4 is 5.32 Å². The maximum Gasteiger partial charge on any atom is 0.271 e. The summed E-state index contributed by atoms with van der Waals surface area (Å²) < 4.78 is 0. The van der Waals surface area contributed by atoms with Gasteiger partial charge in [-0.1, -0.05) is 12.8 Å². The molecule has 1 aromatic rings. The third-order valence-corrected chi connectivity index (χ3v) is 4.09. The van der Waals surface area contributed by atoms with Gasteiger partial charge in [-0.25, -0.2) is 0 Å². The lowest BCUT2D eigenvalue weighted by molar-refractivity contribution is -0.127. The summed E-state index contributed by atoms with van der Waals surface area (Å²) in [7, 11) is 0. The Morgan fingerprint density at radius 1 is 1.40 bits per heavy atom. The number of piperazine rings is 1. The summed E-state index contributed by atoms with van der Waals surface area (Å²) in [5.74, 6) is -0.299. The highest BCUT2D eigenvalue weighted by atomic mass is 16.2. The summed E-state index contributed by atoms with van der Waals surface area (Å²) in [4.78, 5) is 28.8. The maximum atomic E-state index is 12.5. The molecular formula is C14H16N4O2. The average molecular weight is 272 g/mol. The Balaban J connectivity index is 1.84. The molecule has 1 aliphatic carbocycles. The molecule has 2 aliphatic rings. The zero-order valence-corrected chi connectivity index (χ0v) is 11.1. The van der Waals surface area contributed by atoms with Crippen LogP contribution in [0.5, 0.6) is 0 Å². The molecule has 20 heavy (non-hydrogen) atoms. The summed E-state index contributed by atoms with van der Waals surface area (Å²) in [6.45, 7) is 0.0981. The lowest BCUT2D eigenvalue weighted by atomic mass is 9.87. The average Bonchev–Trinajstić information content (AvgIpc) is 2.94. The van der Waals surface area contributed by atoms with Crippen LogP contribution in [-0.4, -0.2) is 40.3 Å². The minimum Gasteiger partial charge on any atom is -0.356 e. The molecular weight excluding hydrogens is 256 g/mol. The number of carbonyl (C=O) groups excluding carboxylic acids is 2. The number of hydrogen-bond acceptors (Lipinski definition) is 3. The quantitative estimate of drug-likeness (QED) is 0.791. The van der Waals surface area contributed by atoms with Crippen molar-refractivity contribution in [2.75, 3.05) is 6.54 Å². The van der Waals surface area contributed by atoms with Gasteiger partial charge >= 0.3 is 0 Å². The van der Waals surface area contributed by atoms with Crippen molar-refractivity contribution >= 4 is 11.8 Å². The SMILES string of the molecule is N#Cc1c[nH]c(C(=O)N2CC(=O)N[C@@H]3CCCC[C@H]32)c1. The van der Waals surface area contributed by atoms with Gasteiger partial charge in [-0.15, -0.1) is 0 Å². The molecule has 0 radical (unpaired) electrons. The number of rotatable bonds is 1. The fourth-order valence-corrected chi connectivity index (χ4v) is 3.14. The van der Waals surface area contributed by atoms with Gasteiger partial charge in [0.25, 0.3) is 5.91 Å². The van der Waals surface area contributed by atoms with Gasteiger partial charge in [0.05, 0.1) is 11.6 Å². The minimum atomic E-state index is -0.196. The van der Waals surface area contributed by atoms with Crippen molar-refractivity contribution in [2.45, 2.75) is 37.8 Å². The number of nitrogens with one attached hydrogen (secondary N) is 2. The predicted octanol–water partition coefficient (Wildman–Crippen LogP) is 0.770. The van der Waals surface area contributed by atoms with Crippen LogP contribution >= 0.6 is 0 Å². The van der Waals surface area contributed by atoms with Crippen LogP contribution in [0.2, 0.25) is 0 Å². The van der Waals surface area contributed by atoms with Gasteiger partial charge in [-0.3, -0.25) is 9.59 Å². The molecule has 1 saturated carbocycles. The van der Waals surface area contributed by atoms with E-state index in [4.69, 9.17) is 5.26 Å². The molecule has 2 amide bonds. The first-order chi connectivity index (χ1) is 9.69. The van der Waals surface area contributed by atoms with Gasteiger partial charge < -0.3 is 15.2 Å². The van der Waals surface area contributed by atoms with E-state index >= 15 is 0 Å². The van der Waals surface area contributed by atoms with E-state index in [0.29, 0.717) is 11.3 Å². The number of nitriles is 1. The minimum absolute atomic E-state index is 0.0688. The van der Waals surface area contributed by atoms with E-state index in [1.54, 1.807) is 4.90 Å². The molecule has 6 heteroatoms. The first-order valence-electron chi connectivity index (χ1n) is 6.88. The summed E-state index contributed by atoms with van der Waals surface area (Å²) >= 11 is 0. The lowest BCUT2D eigenvalue weighted by Gasteiger charge is -2.43. The van der Waals surface area contributed by atoms with E-state index in [0.717, 1.165) is 25.7 Å². The fourth-order valence-electron chi connectivity index (χ4n) is 3.14. The van der Waals surface area contributed by atoms with Crippen molar-refractivity contribution in [2.24, 2.45) is 0 Å².